The van der Waals surface area contributed by atoms with Gasteiger partial charge in [-0.15, -0.1) is 0 Å². The third-order valence-electron chi connectivity index (χ3n) is 4.99. The minimum atomic E-state index is -4.07. The molecule has 1 unspecified atom stereocenters. The monoisotopic (exact) mass is 437 g/mol. The van der Waals surface area contributed by atoms with Gasteiger partial charge in [-0.25, -0.2) is 22.9 Å². The topological polar surface area (TPSA) is 101 Å². The van der Waals surface area contributed by atoms with Gasteiger partial charge in [-0.3, -0.25) is 4.57 Å². The molecule has 0 saturated heterocycles. The lowest BCUT2D eigenvalue weighted by Crippen LogP contribution is -2.29. The van der Waals surface area contributed by atoms with Crippen LogP contribution in [0.3, 0.4) is 0 Å². The van der Waals surface area contributed by atoms with E-state index in [2.05, 4.69) is 9.71 Å². The van der Waals surface area contributed by atoms with Crippen molar-refractivity contribution in [3.8, 4) is 0 Å². The number of hydrogen-bond acceptors (Lipinski definition) is 4. The molecule has 1 heterocycles. The fourth-order valence-corrected chi connectivity index (χ4v) is 4.72. The molecule has 3 rings (SSSR count). The molecule has 0 amide bonds. The zero-order valence-electron chi connectivity index (χ0n) is 16.6. The van der Waals surface area contributed by atoms with Crippen molar-refractivity contribution in [2.24, 2.45) is 0 Å². The van der Waals surface area contributed by atoms with Crippen LogP contribution in [0, 0.1) is 13.8 Å². The van der Waals surface area contributed by atoms with Crippen LogP contribution in [-0.4, -0.2) is 35.6 Å². The summed E-state index contributed by atoms with van der Waals surface area (Å²) in [6, 6.07) is 8.93. The molecule has 0 aliphatic carbocycles. The predicted molar refractivity (Wildman–Crippen MR) is 107 cm³/mol. The third-order valence-corrected chi connectivity index (χ3v) is 6.54. The summed E-state index contributed by atoms with van der Waals surface area (Å²) in [4.78, 5) is 15.4. The highest BCUT2D eigenvalue weighted by molar-refractivity contribution is 7.89. The van der Waals surface area contributed by atoms with Crippen LogP contribution in [-0.2, 0) is 10.0 Å². The Bertz CT molecular complexity index is 1220. The molecule has 0 aliphatic rings. The Morgan fingerprint density at radius 1 is 1.23 bits per heavy atom. The Labute approximate surface area is 172 Å². The number of benzene rings is 2. The molecule has 1 atom stereocenters. The van der Waals surface area contributed by atoms with E-state index in [9.17, 15) is 27.1 Å². The van der Waals surface area contributed by atoms with Crippen molar-refractivity contribution < 1.29 is 27.1 Å². The van der Waals surface area contributed by atoms with Crippen LogP contribution < -0.4 is 4.72 Å². The minimum absolute atomic E-state index is 0.0566. The zero-order chi connectivity index (χ0) is 22.2. The molecule has 10 heteroatoms. The van der Waals surface area contributed by atoms with Crippen molar-refractivity contribution in [2.45, 2.75) is 38.1 Å². The van der Waals surface area contributed by atoms with Crippen LogP contribution >= 0.6 is 0 Å². The predicted octanol–water partition coefficient (Wildman–Crippen LogP) is 3.83. The lowest BCUT2D eigenvalue weighted by Gasteiger charge is -2.16. The molecule has 160 valence electrons. The highest BCUT2D eigenvalue weighted by Crippen LogP contribution is 2.28. The number of imidazole rings is 1. The standard InChI is InChI=1S/C20H21F2N3O4S/c1-11-8-14(19(26)27)9-17(13(11)3)30(28,29)23-10-12(2)18-24-15-6-4-5-7-16(15)25(18)20(21)22/h4-9,12,20,23H,10H2,1-3H3,(H,26,27). The fourth-order valence-electron chi connectivity index (χ4n) is 3.25. The summed E-state index contributed by atoms with van der Waals surface area (Å²) < 4.78 is 56.1. The second-order valence-corrected chi connectivity index (χ2v) is 8.82. The first-order valence-corrected chi connectivity index (χ1v) is 10.6. The molecule has 0 spiro atoms. The van der Waals surface area contributed by atoms with E-state index in [1.807, 2.05) is 0 Å². The van der Waals surface area contributed by atoms with Gasteiger partial charge in [-0.05, 0) is 49.2 Å². The molecule has 0 fully saturated rings. The Balaban J connectivity index is 1.91. The van der Waals surface area contributed by atoms with Crippen molar-refractivity contribution in [2.75, 3.05) is 6.54 Å². The summed E-state index contributed by atoms with van der Waals surface area (Å²) in [7, 11) is -4.07. The van der Waals surface area contributed by atoms with Gasteiger partial charge in [-0.1, -0.05) is 19.1 Å². The van der Waals surface area contributed by atoms with Crippen molar-refractivity contribution >= 4 is 27.0 Å². The second kappa shape index (κ2) is 8.11. The van der Waals surface area contributed by atoms with E-state index < -0.39 is 28.5 Å². The number of halogens is 2. The first kappa shape index (κ1) is 21.8. The van der Waals surface area contributed by atoms with Crippen LogP contribution in [0.15, 0.2) is 41.3 Å². The quantitative estimate of drug-likeness (QED) is 0.585. The summed E-state index contributed by atoms with van der Waals surface area (Å²) in [5.41, 5.74) is 1.44. The Kier molecular flexibility index (Phi) is 5.91. The van der Waals surface area contributed by atoms with Crippen LogP contribution in [0.2, 0.25) is 0 Å². The molecule has 2 aromatic carbocycles. The summed E-state index contributed by atoms with van der Waals surface area (Å²) >= 11 is 0. The molecule has 2 N–H and O–H groups in total. The second-order valence-electron chi connectivity index (χ2n) is 7.08. The molecule has 3 aromatic rings. The average molecular weight is 437 g/mol. The SMILES string of the molecule is Cc1cc(C(=O)O)cc(S(=O)(=O)NCC(C)c2nc3ccccc3n2C(F)F)c1C. The van der Waals surface area contributed by atoms with E-state index in [1.54, 1.807) is 39.0 Å². The van der Waals surface area contributed by atoms with Crippen LogP contribution in [0.25, 0.3) is 11.0 Å². The summed E-state index contributed by atoms with van der Waals surface area (Å²) in [5, 5.41) is 9.21. The number of rotatable bonds is 7. The maximum atomic E-state index is 13.6. The van der Waals surface area contributed by atoms with E-state index in [0.717, 1.165) is 10.6 Å². The zero-order valence-corrected chi connectivity index (χ0v) is 17.4. The number of fused-ring (bicyclic) bond motifs is 1. The molecular weight excluding hydrogens is 416 g/mol. The average Bonchev–Trinajstić information content (AvgIpc) is 3.07. The normalized spacial score (nSPS) is 13.1. The number of hydrogen-bond donors (Lipinski definition) is 2. The van der Waals surface area contributed by atoms with Crippen LogP contribution in [0.1, 0.15) is 46.7 Å². The van der Waals surface area contributed by atoms with Gasteiger partial charge in [-0.2, -0.15) is 8.78 Å². The number of nitrogens with one attached hydrogen (secondary N) is 1. The summed E-state index contributed by atoms with van der Waals surface area (Å²) in [6.45, 7) is 1.77. The van der Waals surface area contributed by atoms with Gasteiger partial charge in [0.1, 0.15) is 5.82 Å². The van der Waals surface area contributed by atoms with Crippen LogP contribution in [0.5, 0.6) is 0 Å². The van der Waals surface area contributed by atoms with Crippen molar-refractivity contribution in [3.05, 3.63) is 58.9 Å². The van der Waals surface area contributed by atoms with E-state index in [-0.39, 0.29) is 28.3 Å². The first-order chi connectivity index (χ1) is 14.0. The van der Waals surface area contributed by atoms with Gasteiger partial charge < -0.3 is 5.11 Å². The van der Waals surface area contributed by atoms with Gasteiger partial charge in [0.2, 0.25) is 10.0 Å². The van der Waals surface area contributed by atoms with E-state index in [0.29, 0.717) is 16.6 Å². The lowest BCUT2D eigenvalue weighted by molar-refractivity contribution is 0.0692. The maximum Gasteiger partial charge on any atom is 0.335 e. The number of carbonyl (C=O) groups is 1. The minimum Gasteiger partial charge on any atom is -0.478 e. The largest absolute Gasteiger partial charge is 0.478 e. The van der Waals surface area contributed by atoms with Crippen LogP contribution in [0.4, 0.5) is 8.78 Å². The number of sulfonamides is 1. The van der Waals surface area contributed by atoms with Gasteiger partial charge in [0.05, 0.1) is 21.5 Å². The van der Waals surface area contributed by atoms with Crippen molar-refractivity contribution in [1.29, 1.82) is 0 Å². The molecule has 0 aliphatic heterocycles. The molecule has 0 bridgehead atoms. The molecular formula is C20H21F2N3O4S. The molecule has 7 nitrogen and oxygen atoms in total. The van der Waals surface area contributed by atoms with E-state index in [4.69, 9.17) is 0 Å². The number of aromatic nitrogens is 2. The van der Waals surface area contributed by atoms with Crippen molar-refractivity contribution in [3.63, 3.8) is 0 Å². The fraction of sp³-hybridized carbons (Fsp3) is 0.300. The molecule has 0 radical (unpaired) electrons. The first-order valence-electron chi connectivity index (χ1n) is 9.12. The maximum absolute atomic E-state index is 13.6. The molecule has 0 saturated carbocycles. The van der Waals surface area contributed by atoms with Gasteiger partial charge in [0.25, 0.3) is 0 Å². The molecule has 1 aromatic heterocycles. The van der Waals surface area contributed by atoms with Gasteiger partial charge >= 0.3 is 12.5 Å². The number of nitrogens with zero attached hydrogens (tertiary/aromatic N) is 2. The summed E-state index contributed by atoms with van der Waals surface area (Å²) in [5.74, 6) is -1.85. The number of carboxylic acid groups (broad SMARTS) is 1. The van der Waals surface area contributed by atoms with Gasteiger partial charge in [0.15, 0.2) is 0 Å². The smallest absolute Gasteiger partial charge is 0.335 e. The number of para-hydroxylation sites is 2. The number of aryl methyl sites for hydroxylation is 1. The summed E-state index contributed by atoms with van der Waals surface area (Å²) in [6.07, 6.45) is 0. The number of alkyl halides is 2. The Morgan fingerprint density at radius 2 is 1.90 bits per heavy atom. The highest BCUT2D eigenvalue weighted by Gasteiger charge is 2.25. The number of aromatic carboxylic acids is 1. The van der Waals surface area contributed by atoms with Crippen molar-refractivity contribution in [1.82, 2.24) is 14.3 Å². The van der Waals surface area contributed by atoms with Gasteiger partial charge in [0, 0.05) is 12.5 Å². The van der Waals surface area contributed by atoms with E-state index >= 15 is 0 Å². The Morgan fingerprint density at radius 3 is 2.53 bits per heavy atom. The third kappa shape index (κ3) is 4.05. The lowest BCUT2D eigenvalue weighted by atomic mass is 10.1. The highest BCUT2D eigenvalue weighted by atomic mass is 32.2. The van der Waals surface area contributed by atoms with E-state index in [1.165, 1.54) is 12.1 Å². The number of carboxylic acids is 1. The molecule has 30 heavy (non-hydrogen) atoms. The Hall–Kier alpha value is -2.85.